The molecule has 0 unspecified atom stereocenters. The fraction of sp³-hybridized carbons (Fsp3) is 0.595. The number of carbonyl (C=O) groups is 3. The normalized spacial score (nSPS) is 11.0. The molecule has 0 saturated heterocycles. The Balaban J connectivity index is 0.000000795. The Bertz CT molecular complexity index is 1450. The highest BCUT2D eigenvalue weighted by Crippen LogP contribution is 2.26. The number of amides is 2. The van der Waals surface area contributed by atoms with E-state index in [-0.39, 0.29) is 22.9 Å². The number of pyridine rings is 1. The maximum absolute atomic E-state index is 13.1. The first-order valence-corrected chi connectivity index (χ1v) is 18.4. The van der Waals surface area contributed by atoms with Crippen LogP contribution in [0.4, 0.5) is 5.69 Å². The van der Waals surface area contributed by atoms with Crippen molar-refractivity contribution in [3.63, 3.8) is 0 Å². The van der Waals surface area contributed by atoms with Crippen molar-refractivity contribution < 1.29 is 14.4 Å². The Labute approximate surface area is 304 Å². The van der Waals surface area contributed by atoms with Crippen LogP contribution in [0, 0.1) is 19.8 Å². The molecule has 0 saturated carbocycles. The zero-order chi connectivity index (χ0) is 38.8. The topological polar surface area (TPSA) is 97.2 Å². The van der Waals surface area contributed by atoms with E-state index in [1.807, 2.05) is 33.9 Å². The quantitative estimate of drug-likeness (QED) is 0.202. The summed E-state index contributed by atoms with van der Waals surface area (Å²) in [6, 6.07) is 10.8. The highest BCUT2D eigenvalue weighted by atomic mass is 16.2. The molecule has 0 aliphatic rings. The van der Waals surface area contributed by atoms with Crippen molar-refractivity contribution in [1.82, 2.24) is 19.7 Å². The number of aromatic nitrogens is 3. The molecule has 3 aromatic rings. The van der Waals surface area contributed by atoms with Gasteiger partial charge in [-0.25, -0.2) is 0 Å². The van der Waals surface area contributed by atoms with Gasteiger partial charge in [-0.2, -0.15) is 5.10 Å². The van der Waals surface area contributed by atoms with Gasteiger partial charge >= 0.3 is 0 Å². The summed E-state index contributed by atoms with van der Waals surface area (Å²) in [7, 11) is 0. The van der Waals surface area contributed by atoms with Crippen molar-refractivity contribution in [2.75, 3.05) is 11.9 Å². The average Bonchev–Trinajstić information content (AvgIpc) is 3.50. The van der Waals surface area contributed by atoms with Gasteiger partial charge in [-0.1, -0.05) is 104 Å². The van der Waals surface area contributed by atoms with Gasteiger partial charge < -0.3 is 10.2 Å². The van der Waals surface area contributed by atoms with E-state index < -0.39 is 5.54 Å². The second-order valence-electron chi connectivity index (χ2n) is 15.1. The number of nitrogens with one attached hydrogen (secondary N) is 1. The van der Waals surface area contributed by atoms with Crippen molar-refractivity contribution in [3.8, 4) is 11.1 Å². The number of hydrogen-bond acceptors (Lipinski definition) is 5. The summed E-state index contributed by atoms with van der Waals surface area (Å²) < 4.78 is 1.64. The summed E-state index contributed by atoms with van der Waals surface area (Å²) in [4.78, 5) is 42.0. The molecular weight excluding hydrogens is 622 g/mol. The lowest BCUT2D eigenvalue weighted by atomic mass is 9.96. The summed E-state index contributed by atoms with van der Waals surface area (Å²) in [5, 5.41) is 6.90. The molecule has 2 heterocycles. The Morgan fingerprint density at radius 1 is 0.920 bits per heavy atom. The van der Waals surface area contributed by atoms with Crippen LogP contribution in [0.5, 0.6) is 0 Å². The van der Waals surface area contributed by atoms with Crippen LogP contribution in [0.1, 0.15) is 156 Å². The molecule has 8 nitrogen and oxygen atoms in total. The Morgan fingerprint density at radius 2 is 1.50 bits per heavy atom. The minimum Gasteiger partial charge on any atom is -0.325 e. The number of unbranched alkanes of at least 4 members (excludes halogenated alkanes) is 1. The monoisotopic (exact) mass is 692 g/mol. The number of rotatable bonds is 11. The van der Waals surface area contributed by atoms with Crippen molar-refractivity contribution in [3.05, 3.63) is 65.2 Å². The van der Waals surface area contributed by atoms with E-state index in [0.717, 1.165) is 11.6 Å². The third-order valence-corrected chi connectivity index (χ3v) is 8.45. The van der Waals surface area contributed by atoms with Crippen LogP contribution in [0.15, 0.2) is 42.7 Å². The second-order valence-corrected chi connectivity index (χ2v) is 15.1. The van der Waals surface area contributed by atoms with E-state index in [0.29, 0.717) is 31.0 Å². The average molecular weight is 692 g/mol. The molecule has 8 heteroatoms. The third-order valence-electron chi connectivity index (χ3n) is 8.45. The largest absolute Gasteiger partial charge is 0.325 e. The first-order valence-electron chi connectivity index (χ1n) is 18.4. The molecule has 0 bridgehead atoms. The van der Waals surface area contributed by atoms with E-state index in [1.54, 1.807) is 24.7 Å². The highest BCUT2D eigenvalue weighted by molar-refractivity contribution is 6.02. The molecule has 2 amide bonds. The maximum Gasteiger partial charge on any atom is 0.277 e. The minimum atomic E-state index is -0.947. The van der Waals surface area contributed by atoms with Gasteiger partial charge in [0.25, 0.3) is 5.91 Å². The Morgan fingerprint density at radius 3 is 1.90 bits per heavy atom. The third kappa shape index (κ3) is 15.0. The van der Waals surface area contributed by atoms with Crippen molar-refractivity contribution >= 4 is 23.8 Å². The molecule has 1 N–H and O–H groups in total. The van der Waals surface area contributed by atoms with Gasteiger partial charge in [0.05, 0.1) is 16.8 Å². The number of nitrogens with zero attached hydrogens (tertiary/aromatic N) is 4. The van der Waals surface area contributed by atoms with Gasteiger partial charge in [-0.15, -0.1) is 0 Å². The van der Waals surface area contributed by atoms with Gasteiger partial charge in [0.15, 0.2) is 11.5 Å². The van der Waals surface area contributed by atoms with Crippen LogP contribution in [-0.4, -0.2) is 49.8 Å². The SMILES string of the molecule is CCC(C)C.CCCC.CCCN(C(=O)c1nn(C(C)(C)C)cc1NC=O)C(C)(C)C(C)=O.Cc1ccc(C)c(-c2ccc(C(C)C)nc2)c1. The van der Waals surface area contributed by atoms with Crippen LogP contribution in [0.2, 0.25) is 0 Å². The van der Waals surface area contributed by atoms with Gasteiger partial charge in [0.2, 0.25) is 6.41 Å². The summed E-state index contributed by atoms with van der Waals surface area (Å²) in [6.07, 6.45) is 8.78. The van der Waals surface area contributed by atoms with Crippen molar-refractivity contribution in [2.45, 2.75) is 153 Å². The molecule has 50 heavy (non-hydrogen) atoms. The van der Waals surface area contributed by atoms with E-state index in [1.165, 1.54) is 53.3 Å². The van der Waals surface area contributed by atoms with Crippen LogP contribution < -0.4 is 5.32 Å². The van der Waals surface area contributed by atoms with Gasteiger partial charge in [0.1, 0.15) is 0 Å². The molecule has 0 aliphatic heterocycles. The van der Waals surface area contributed by atoms with Crippen molar-refractivity contribution in [2.24, 2.45) is 5.92 Å². The first kappa shape index (κ1) is 46.2. The summed E-state index contributed by atoms with van der Waals surface area (Å²) in [5.74, 6) is 0.895. The van der Waals surface area contributed by atoms with Crippen LogP contribution >= 0.6 is 0 Å². The molecule has 0 radical (unpaired) electrons. The molecule has 3 rings (SSSR count). The highest BCUT2D eigenvalue weighted by Gasteiger charge is 2.37. The smallest absolute Gasteiger partial charge is 0.277 e. The van der Waals surface area contributed by atoms with E-state index in [2.05, 4.69) is 108 Å². The standard InChI is InChI=1S/C17H28N4O3.C16H19N.C5H12.C4H10/c1-8-9-20(17(6,7)12(2)23)15(24)14-13(18-11-22)10-21(19-14)16(3,4)5;1-11(2)16-8-7-14(10-17-16)15-9-12(3)5-6-13(15)4;1-4-5(2)3;1-3-4-2/h10-11H,8-9H2,1-7H3,(H,18,22);5-11H,1-4H3;5H,4H2,1-3H3;3-4H2,1-2H3. The predicted octanol–water partition coefficient (Wildman–Crippen LogP) is 10.8. The van der Waals surface area contributed by atoms with E-state index in [9.17, 15) is 14.4 Å². The fourth-order valence-corrected chi connectivity index (χ4v) is 4.17. The number of ketones is 1. The molecule has 0 atom stereocenters. The van der Waals surface area contributed by atoms with Crippen LogP contribution in [0.25, 0.3) is 11.1 Å². The molecule has 1 aromatic carbocycles. The van der Waals surface area contributed by atoms with Crippen LogP contribution in [-0.2, 0) is 15.1 Å². The summed E-state index contributed by atoms with van der Waals surface area (Å²) >= 11 is 0. The van der Waals surface area contributed by atoms with Crippen LogP contribution in [0.3, 0.4) is 0 Å². The van der Waals surface area contributed by atoms with Crippen molar-refractivity contribution in [1.29, 1.82) is 0 Å². The minimum absolute atomic E-state index is 0.107. The maximum atomic E-state index is 13.1. The number of anilines is 1. The molecule has 0 aliphatic carbocycles. The zero-order valence-electron chi connectivity index (χ0n) is 34.3. The molecule has 280 valence electrons. The number of hydrogen-bond donors (Lipinski definition) is 1. The lowest BCUT2D eigenvalue weighted by Gasteiger charge is -2.36. The first-order chi connectivity index (χ1) is 23.2. The van der Waals surface area contributed by atoms with Gasteiger partial charge in [0, 0.05) is 30.2 Å². The number of Topliss-reactive ketones (excluding diaryl/α,β-unsaturated/α-hetero) is 1. The lowest BCUT2D eigenvalue weighted by Crippen LogP contribution is -2.52. The summed E-state index contributed by atoms with van der Waals surface area (Å²) in [6.45, 7) is 32.7. The lowest BCUT2D eigenvalue weighted by molar-refractivity contribution is -0.126. The number of aryl methyl sites for hydroxylation is 2. The molecular formula is C42H69N5O3. The van der Waals surface area contributed by atoms with Gasteiger partial charge in [-0.05, 0) is 90.8 Å². The Hall–Kier alpha value is -3.81. The number of benzene rings is 1. The van der Waals surface area contributed by atoms with E-state index >= 15 is 0 Å². The summed E-state index contributed by atoms with van der Waals surface area (Å²) in [5.41, 5.74) is 5.42. The molecule has 0 fully saturated rings. The zero-order valence-corrected chi connectivity index (χ0v) is 34.3. The van der Waals surface area contributed by atoms with E-state index in [4.69, 9.17) is 0 Å². The molecule has 0 spiro atoms. The second kappa shape index (κ2) is 22.1. The van der Waals surface area contributed by atoms with Gasteiger partial charge in [-0.3, -0.25) is 24.0 Å². The predicted molar refractivity (Wildman–Crippen MR) is 212 cm³/mol. The Kier molecular flexibility index (Phi) is 20.4. The fourth-order valence-electron chi connectivity index (χ4n) is 4.17. The number of carbonyl (C=O) groups excluding carboxylic acids is 3. The molecule has 2 aromatic heterocycles.